The van der Waals surface area contributed by atoms with Crippen LogP contribution in [0.5, 0.6) is 0 Å². The highest BCUT2D eigenvalue weighted by Crippen LogP contribution is 2.57. The lowest BCUT2D eigenvalue weighted by atomic mass is 9.72. The molecule has 2 saturated carbocycles. The number of benzene rings is 2. The number of amides is 1. The van der Waals surface area contributed by atoms with E-state index in [9.17, 15) is 4.79 Å². The normalized spacial score (nSPS) is 27.9. The standard InChI is InChI=1S/C31H32N8O3/c32-28(40)24-21-16-22(27-23(21)25(38-42-27)17-4-2-1-3-5-17)26(24)35-30-20-10-11-33-29(20)36-31(37-30)34-18-6-8-19(9-7-18)39-12-14-41-15-13-39/h1-11,21-24,26-27H,12-16H2,(H2,32,40)(H3,33,34,35,36,37)/t21-,22?,23?,24?,26?,27?/m0/s1. The van der Waals surface area contributed by atoms with Gasteiger partial charge in [0.05, 0.1) is 30.2 Å². The number of nitrogens with two attached hydrogens (primary N) is 1. The molecule has 1 amide bonds. The third kappa shape index (κ3) is 4.14. The first kappa shape index (κ1) is 25.1. The summed E-state index contributed by atoms with van der Waals surface area (Å²) < 4.78 is 5.47. The minimum Gasteiger partial charge on any atom is -0.391 e. The number of fused-ring (bicyclic) bond motifs is 6. The molecule has 42 heavy (non-hydrogen) atoms. The van der Waals surface area contributed by atoms with Gasteiger partial charge >= 0.3 is 0 Å². The van der Waals surface area contributed by atoms with Gasteiger partial charge in [-0.3, -0.25) is 4.79 Å². The number of oxime groups is 1. The first-order valence-electron chi connectivity index (χ1n) is 14.5. The van der Waals surface area contributed by atoms with Crippen LogP contribution in [-0.2, 0) is 14.4 Å². The van der Waals surface area contributed by atoms with E-state index in [1.54, 1.807) is 0 Å². The third-order valence-electron chi connectivity index (χ3n) is 9.30. The predicted molar refractivity (Wildman–Crippen MR) is 160 cm³/mol. The van der Waals surface area contributed by atoms with Crippen molar-refractivity contribution in [3.05, 3.63) is 72.4 Å². The summed E-state index contributed by atoms with van der Waals surface area (Å²) >= 11 is 0. The second-order valence-corrected chi connectivity index (χ2v) is 11.5. The minimum absolute atomic E-state index is 0.0441. The first-order valence-corrected chi connectivity index (χ1v) is 14.5. The van der Waals surface area contributed by atoms with Gasteiger partial charge in [0.1, 0.15) is 17.6 Å². The van der Waals surface area contributed by atoms with Crippen molar-refractivity contribution in [1.82, 2.24) is 15.0 Å². The lowest BCUT2D eigenvalue weighted by molar-refractivity contribution is -0.125. The number of rotatable bonds is 7. The van der Waals surface area contributed by atoms with Gasteiger partial charge in [0.25, 0.3) is 0 Å². The van der Waals surface area contributed by atoms with Crippen molar-refractivity contribution >= 4 is 45.8 Å². The number of aromatic nitrogens is 3. The average Bonchev–Trinajstić information content (AvgIpc) is 3.80. The van der Waals surface area contributed by atoms with Gasteiger partial charge in [0.2, 0.25) is 11.9 Å². The van der Waals surface area contributed by atoms with Crippen molar-refractivity contribution in [3.63, 3.8) is 0 Å². The van der Waals surface area contributed by atoms with Crippen LogP contribution in [0.3, 0.4) is 0 Å². The summed E-state index contributed by atoms with van der Waals surface area (Å²) in [5.41, 5.74) is 10.8. The van der Waals surface area contributed by atoms with Crippen LogP contribution in [0, 0.1) is 23.7 Å². The van der Waals surface area contributed by atoms with E-state index >= 15 is 0 Å². The molecule has 5 unspecified atom stereocenters. The highest BCUT2D eigenvalue weighted by Gasteiger charge is 2.64. The van der Waals surface area contributed by atoms with Crippen LogP contribution in [0.1, 0.15) is 12.0 Å². The Hall–Kier alpha value is -4.64. The van der Waals surface area contributed by atoms with Crippen LogP contribution in [0.15, 0.2) is 72.0 Å². The number of hydrogen-bond acceptors (Lipinski definition) is 9. The van der Waals surface area contributed by atoms with Crippen LogP contribution < -0.4 is 21.3 Å². The molecule has 1 saturated heterocycles. The second-order valence-electron chi connectivity index (χ2n) is 11.5. The Morgan fingerprint density at radius 2 is 1.81 bits per heavy atom. The van der Waals surface area contributed by atoms with Crippen LogP contribution in [0.25, 0.3) is 11.0 Å². The van der Waals surface area contributed by atoms with Crippen molar-refractivity contribution in [3.8, 4) is 0 Å². The van der Waals surface area contributed by atoms with Crippen molar-refractivity contribution < 1.29 is 14.4 Å². The van der Waals surface area contributed by atoms with Crippen LogP contribution in [0.2, 0.25) is 0 Å². The molecule has 4 aromatic rings. The number of aromatic amines is 1. The van der Waals surface area contributed by atoms with Gasteiger partial charge in [-0.25, -0.2) is 0 Å². The number of carbonyl (C=O) groups excluding carboxylic acids is 1. The lowest BCUT2D eigenvalue weighted by Gasteiger charge is -2.36. The minimum atomic E-state index is -0.375. The molecule has 0 radical (unpaired) electrons. The SMILES string of the molecule is NC(=O)C1C(Nc2nc(Nc3ccc(N4CCOCC4)cc3)nc3[nH]ccc23)C2C[C@H]1C1C(c3ccccc3)=NOC21. The van der Waals surface area contributed by atoms with Gasteiger partial charge in [-0.05, 0) is 48.2 Å². The summed E-state index contributed by atoms with van der Waals surface area (Å²) in [5, 5.41) is 12.3. The molecule has 214 valence electrons. The topological polar surface area (TPSA) is 143 Å². The van der Waals surface area contributed by atoms with Crippen molar-refractivity contribution in [1.29, 1.82) is 0 Å². The number of ether oxygens (including phenoxy) is 1. The molecule has 11 heteroatoms. The molecule has 4 aliphatic rings. The van der Waals surface area contributed by atoms with E-state index in [-0.39, 0.29) is 41.7 Å². The number of primary amides is 1. The maximum Gasteiger partial charge on any atom is 0.231 e. The molecular formula is C31H32N8O3. The summed E-state index contributed by atoms with van der Waals surface area (Å²) in [6, 6.07) is 20.0. The highest BCUT2D eigenvalue weighted by molar-refractivity contribution is 6.04. The number of anilines is 4. The average molecular weight is 565 g/mol. The van der Waals surface area contributed by atoms with Crippen LogP contribution in [0.4, 0.5) is 23.1 Å². The molecule has 3 fully saturated rings. The molecule has 8 rings (SSSR count). The molecule has 4 heterocycles. The molecular weight excluding hydrogens is 532 g/mol. The smallest absolute Gasteiger partial charge is 0.231 e. The van der Waals surface area contributed by atoms with Crippen LogP contribution >= 0.6 is 0 Å². The number of nitrogens with zero attached hydrogens (tertiary/aromatic N) is 4. The van der Waals surface area contributed by atoms with Gasteiger partial charge in [-0.2, -0.15) is 9.97 Å². The summed E-state index contributed by atoms with van der Waals surface area (Å²) in [6.45, 7) is 3.26. The Bertz CT molecular complexity index is 1650. The monoisotopic (exact) mass is 564 g/mol. The Kier molecular flexibility index (Phi) is 5.99. The maximum atomic E-state index is 12.9. The molecule has 5 N–H and O–H groups in total. The summed E-state index contributed by atoms with van der Waals surface area (Å²) in [7, 11) is 0. The van der Waals surface area contributed by atoms with E-state index < -0.39 is 0 Å². The van der Waals surface area contributed by atoms with Gasteiger partial charge in [-0.15, -0.1) is 0 Å². The fourth-order valence-electron chi connectivity index (χ4n) is 7.45. The fraction of sp³-hybridized carbons (Fsp3) is 0.355. The zero-order chi connectivity index (χ0) is 28.2. The Balaban J connectivity index is 1.05. The third-order valence-corrected chi connectivity index (χ3v) is 9.30. The zero-order valence-electron chi connectivity index (χ0n) is 22.9. The van der Waals surface area contributed by atoms with E-state index in [0.29, 0.717) is 17.4 Å². The quantitative estimate of drug-likeness (QED) is 0.267. The first-order chi connectivity index (χ1) is 20.6. The summed E-state index contributed by atoms with van der Waals surface area (Å²) in [5.74, 6) is 0.573. The number of H-pyrrole nitrogens is 1. The van der Waals surface area contributed by atoms with Crippen molar-refractivity contribution in [2.75, 3.05) is 41.8 Å². The largest absolute Gasteiger partial charge is 0.391 e. The molecule has 2 aromatic carbocycles. The van der Waals surface area contributed by atoms with Gasteiger partial charge < -0.3 is 35.8 Å². The van der Waals surface area contributed by atoms with Crippen molar-refractivity contribution in [2.45, 2.75) is 18.6 Å². The lowest BCUT2D eigenvalue weighted by Crippen LogP contribution is -2.51. The molecule has 11 nitrogen and oxygen atoms in total. The molecule has 6 atom stereocenters. The van der Waals surface area contributed by atoms with Gasteiger partial charge in [-0.1, -0.05) is 35.5 Å². The highest BCUT2D eigenvalue weighted by atomic mass is 16.6. The maximum absolute atomic E-state index is 12.9. The Morgan fingerprint density at radius 1 is 1.00 bits per heavy atom. The van der Waals surface area contributed by atoms with E-state index in [2.05, 4.69) is 37.8 Å². The van der Waals surface area contributed by atoms with Gasteiger partial charge in [0, 0.05) is 48.5 Å². The molecule has 2 aliphatic heterocycles. The van der Waals surface area contributed by atoms with Gasteiger partial charge in [0.15, 0.2) is 0 Å². The fourth-order valence-corrected chi connectivity index (χ4v) is 7.45. The van der Waals surface area contributed by atoms with Crippen molar-refractivity contribution in [2.24, 2.45) is 34.6 Å². The summed E-state index contributed by atoms with van der Waals surface area (Å²) in [6.07, 6.45) is 2.58. The number of carbonyl (C=O) groups is 1. The van der Waals surface area contributed by atoms with E-state index in [0.717, 1.165) is 60.8 Å². The molecule has 0 spiro atoms. The second kappa shape index (κ2) is 10.0. The van der Waals surface area contributed by atoms with Crippen LogP contribution in [-0.4, -0.2) is 65.0 Å². The predicted octanol–water partition coefficient (Wildman–Crippen LogP) is 3.49. The number of hydrogen-bond donors (Lipinski definition) is 4. The summed E-state index contributed by atoms with van der Waals surface area (Å²) in [4.78, 5) is 34.1. The number of morpholine rings is 1. The molecule has 2 bridgehead atoms. The molecule has 2 aliphatic carbocycles. The molecule has 2 aromatic heterocycles. The number of nitrogens with one attached hydrogen (secondary N) is 3. The Labute approximate surface area is 242 Å². The zero-order valence-corrected chi connectivity index (χ0v) is 22.9. The van der Waals surface area contributed by atoms with E-state index in [4.69, 9.17) is 25.3 Å². The van der Waals surface area contributed by atoms with E-state index in [1.165, 1.54) is 0 Å². The van der Waals surface area contributed by atoms with E-state index in [1.807, 2.05) is 54.7 Å². The Morgan fingerprint density at radius 3 is 2.60 bits per heavy atom.